The smallest absolute Gasteiger partial charge is 0.295 e. The molecule has 84 valence electrons. The van der Waals surface area contributed by atoms with Crippen LogP contribution in [0, 0.1) is 15.9 Å². The van der Waals surface area contributed by atoms with E-state index in [1.54, 1.807) is 0 Å². The third-order valence-electron chi connectivity index (χ3n) is 1.78. The number of hydrogen-bond acceptors (Lipinski definition) is 4. The van der Waals surface area contributed by atoms with Crippen LogP contribution < -0.4 is 11.5 Å². The molecular formula is C9H8FN3O3. The molecule has 0 heterocycles. The molecule has 1 rings (SSSR count). The number of nitrogen functional groups attached to an aromatic ring is 1. The lowest BCUT2D eigenvalue weighted by Crippen LogP contribution is -2.05. The fourth-order valence-electron chi connectivity index (χ4n) is 1.09. The van der Waals surface area contributed by atoms with Gasteiger partial charge in [-0.15, -0.1) is 0 Å². The van der Waals surface area contributed by atoms with Crippen molar-refractivity contribution in [2.75, 3.05) is 5.73 Å². The molecular weight excluding hydrogens is 217 g/mol. The highest BCUT2D eigenvalue weighted by Gasteiger charge is 2.15. The molecule has 0 aliphatic carbocycles. The Bertz CT molecular complexity index is 485. The van der Waals surface area contributed by atoms with Crippen LogP contribution in [0.1, 0.15) is 5.56 Å². The summed E-state index contributed by atoms with van der Waals surface area (Å²) in [5.41, 5.74) is 9.52. The highest BCUT2D eigenvalue weighted by Crippen LogP contribution is 2.27. The molecule has 0 aliphatic rings. The lowest BCUT2D eigenvalue weighted by molar-refractivity contribution is -0.384. The Hall–Kier alpha value is -2.44. The summed E-state index contributed by atoms with van der Waals surface area (Å²) in [6, 6.07) is 1.68. The molecule has 6 nitrogen and oxygen atoms in total. The van der Waals surface area contributed by atoms with Gasteiger partial charge >= 0.3 is 0 Å². The lowest BCUT2D eigenvalue weighted by Gasteiger charge is -2.01. The van der Waals surface area contributed by atoms with Gasteiger partial charge in [0, 0.05) is 11.6 Å². The molecule has 0 aliphatic heterocycles. The van der Waals surface area contributed by atoms with Gasteiger partial charge in [-0.3, -0.25) is 14.9 Å². The minimum Gasteiger partial charge on any atom is -0.393 e. The molecule has 1 aromatic rings. The molecule has 7 heteroatoms. The van der Waals surface area contributed by atoms with Gasteiger partial charge in [0.1, 0.15) is 11.5 Å². The van der Waals surface area contributed by atoms with E-state index in [4.69, 9.17) is 11.5 Å². The first-order valence-corrected chi connectivity index (χ1v) is 4.12. The number of anilines is 1. The number of nitro groups is 1. The van der Waals surface area contributed by atoms with E-state index in [9.17, 15) is 19.3 Å². The molecule has 4 N–H and O–H groups in total. The molecule has 0 aromatic heterocycles. The molecule has 1 amide bonds. The quantitative estimate of drug-likeness (QED) is 0.343. The fraction of sp³-hybridized carbons (Fsp3) is 0. The highest BCUT2D eigenvalue weighted by atomic mass is 19.1. The summed E-state index contributed by atoms with van der Waals surface area (Å²) in [6.45, 7) is 0. The van der Waals surface area contributed by atoms with Crippen molar-refractivity contribution < 1.29 is 14.1 Å². The summed E-state index contributed by atoms with van der Waals surface area (Å²) in [5, 5.41) is 10.5. The van der Waals surface area contributed by atoms with E-state index in [1.165, 1.54) is 0 Å². The van der Waals surface area contributed by atoms with Gasteiger partial charge < -0.3 is 11.5 Å². The van der Waals surface area contributed by atoms with E-state index in [0.29, 0.717) is 6.07 Å². The molecule has 1 aromatic carbocycles. The first kappa shape index (κ1) is 11.6. The first-order valence-electron chi connectivity index (χ1n) is 4.12. The van der Waals surface area contributed by atoms with E-state index in [2.05, 4.69) is 0 Å². The molecule has 0 unspecified atom stereocenters. The van der Waals surface area contributed by atoms with Gasteiger partial charge in [-0.2, -0.15) is 0 Å². The minimum absolute atomic E-state index is 0.0329. The van der Waals surface area contributed by atoms with Gasteiger partial charge in [0.05, 0.1) is 11.0 Å². The lowest BCUT2D eigenvalue weighted by atomic mass is 10.1. The maximum Gasteiger partial charge on any atom is 0.295 e. The minimum atomic E-state index is -0.815. The summed E-state index contributed by atoms with van der Waals surface area (Å²) in [6.07, 6.45) is 2.06. The second-order valence-electron chi connectivity index (χ2n) is 2.92. The van der Waals surface area contributed by atoms with Crippen LogP contribution in [0.4, 0.5) is 15.8 Å². The third-order valence-corrected chi connectivity index (χ3v) is 1.78. The van der Waals surface area contributed by atoms with Crippen LogP contribution in [-0.2, 0) is 4.79 Å². The van der Waals surface area contributed by atoms with Crippen molar-refractivity contribution in [3.8, 4) is 0 Å². The van der Waals surface area contributed by atoms with Crippen LogP contribution >= 0.6 is 0 Å². The van der Waals surface area contributed by atoms with E-state index >= 15 is 0 Å². The number of nitrogens with two attached hydrogens (primary N) is 2. The second-order valence-corrected chi connectivity index (χ2v) is 2.92. The Morgan fingerprint density at radius 3 is 2.62 bits per heavy atom. The van der Waals surface area contributed by atoms with Gasteiger partial charge in [0.25, 0.3) is 5.69 Å². The zero-order valence-electron chi connectivity index (χ0n) is 8.01. The molecule has 16 heavy (non-hydrogen) atoms. The Balaban J connectivity index is 3.29. The van der Waals surface area contributed by atoms with Crippen LogP contribution in [0.2, 0.25) is 0 Å². The van der Waals surface area contributed by atoms with Gasteiger partial charge in [0.2, 0.25) is 5.91 Å². The van der Waals surface area contributed by atoms with Gasteiger partial charge in [-0.05, 0) is 12.1 Å². The van der Waals surface area contributed by atoms with E-state index in [-0.39, 0.29) is 11.3 Å². The Morgan fingerprint density at radius 2 is 2.12 bits per heavy atom. The third kappa shape index (κ3) is 2.53. The Labute approximate surface area is 89.5 Å². The van der Waals surface area contributed by atoms with Crippen molar-refractivity contribution in [1.29, 1.82) is 0 Å². The molecule has 0 radical (unpaired) electrons. The largest absolute Gasteiger partial charge is 0.393 e. The van der Waals surface area contributed by atoms with E-state index in [1.807, 2.05) is 0 Å². The van der Waals surface area contributed by atoms with E-state index < -0.39 is 22.3 Å². The zero-order valence-corrected chi connectivity index (χ0v) is 8.01. The van der Waals surface area contributed by atoms with Gasteiger partial charge in [-0.25, -0.2) is 4.39 Å². The predicted molar refractivity (Wildman–Crippen MR) is 55.7 cm³/mol. The summed E-state index contributed by atoms with van der Waals surface area (Å²) >= 11 is 0. The average Bonchev–Trinajstić information content (AvgIpc) is 2.18. The molecule has 0 bridgehead atoms. The van der Waals surface area contributed by atoms with Crippen LogP contribution in [0.15, 0.2) is 18.2 Å². The summed E-state index contributed by atoms with van der Waals surface area (Å²) in [5.74, 6) is -1.57. The highest BCUT2D eigenvalue weighted by molar-refractivity contribution is 5.91. The van der Waals surface area contributed by atoms with Crippen LogP contribution in [0.5, 0.6) is 0 Å². The van der Waals surface area contributed by atoms with Crippen molar-refractivity contribution >= 4 is 23.4 Å². The number of carbonyl (C=O) groups is 1. The Kier molecular flexibility index (Phi) is 3.19. The maximum absolute atomic E-state index is 13.0. The summed E-state index contributed by atoms with van der Waals surface area (Å²) in [4.78, 5) is 20.2. The number of carbonyl (C=O) groups excluding carboxylic acids is 1. The van der Waals surface area contributed by atoms with Crippen LogP contribution in [0.25, 0.3) is 6.08 Å². The number of primary amides is 1. The molecule has 0 saturated carbocycles. The molecule has 0 spiro atoms. The summed E-state index contributed by atoms with van der Waals surface area (Å²) < 4.78 is 13.0. The van der Waals surface area contributed by atoms with Gasteiger partial charge in [-0.1, -0.05) is 0 Å². The number of nitrogens with zero attached hydrogens (tertiary/aromatic N) is 1. The number of amides is 1. The summed E-state index contributed by atoms with van der Waals surface area (Å²) in [7, 11) is 0. The van der Waals surface area contributed by atoms with E-state index in [0.717, 1.165) is 18.2 Å². The van der Waals surface area contributed by atoms with Gasteiger partial charge in [0.15, 0.2) is 0 Å². The van der Waals surface area contributed by atoms with Crippen LogP contribution in [-0.4, -0.2) is 10.8 Å². The normalized spacial score (nSPS) is 10.6. The number of nitro benzene ring substituents is 1. The van der Waals surface area contributed by atoms with Crippen molar-refractivity contribution in [2.24, 2.45) is 5.73 Å². The van der Waals surface area contributed by atoms with Crippen molar-refractivity contribution in [1.82, 2.24) is 0 Å². The molecule has 0 fully saturated rings. The predicted octanol–water partition coefficient (Wildman–Crippen LogP) is 0.815. The number of halogens is 1. The number of rotatable bonds is 3. The SMILES string of the molecule is NC(=O)C=Cc1cc(F)cc([N+](=O)[O-])c1N. The number of hydrogen-bond donors (Lipinski definition) is 2. The topological polar surface area (TPSA) is 112 Å². The van der Waals surface area contributed by atoms with Crippen molar-refractivity contribution in [3.05, 3.63) is 39.7 Å². The van der Waals surface area contributed by atoms with Crippen molar-refractivity contribution in [3.63, 3.8) is 0 Å². The molecule has 0 atom stereocenters. The monoisotopic (exact) mass is 225 g/mol. The first-order chi connectivity index (χ1) is 7.41. The maximum atomic E-state index is 13.0. The second kappa shape index (κ2) is 4.39. The fourth-order valence-corrected chi connectivity index (χ4v) is 1.09. The molecule has 0 saturated heterocycles. The number of benzene rings is 1. The van der Waals surface area contributed by atoms with Crippen molar-refractivity contribution in [2.45, 2.75) is 0 Å². The standard InChI is InChI=1S/C9H8FN3O3/c10-6-3-5(1-2-8(11)14)9(12)7(4-6)13(15)16/h1-4H,12H2,(H2,11,14). The van der Waals surface area contributed by atoms with Crippen LogP contribution in [0.3, 0.4) is 0 Å². The Morgan fingerprint density at radius 1 is 1.50 bits per heavy atom. The zero-order chi connectivity index (χ0) is 12.3. The average molecular weight is 225 g/mol.